The molecule has 1 fully saturated rings. The highest BCUT2D eigenvalue weighted by molar-refractivity contribution is 5.78. The van der Waals surface area contributed by atoms with E-state index in [0.29, 0.717) is 13.1 Å². The molecule has 0 aliphatic carbocycles. The fourth-order valence-corrected chi connectivity index (χ4v) is 2.95. The second-order valence-electron chi connectivity index (χ2n) is 6.18. The zero-order chi connectivity index (χ0) is 18.1. The first-order valence-corrected chi connectivity index (χ1v) is 8.69. The van der Waals surface area contributed by atoms with E-state index in [1.54, 1.807) is 12.1 Å². The highest BCUT2D eigenvalue weighted by atomic mass is 19.3. The Labute approximate surface area is 147 Å². The van der Waals surface area contributed by atoms with Crippen LogP contribution < -0.4 is 14.8 Å². The zero-order valence-corrected chi connectivity index (χ0v) is 14.6. The van der Waals surface area contributed by atoms with Gasteiger partial charge in [0.15, 0.2) is 11.5 Å². The maximum atomic E-state index is 12.3. The topological polar surface area (TPSA) is 50.8 Å². The molecule has 1 saturated heterocycles. The molecule has 1 aliphatic heterocycles. The molecular weight excluding hydrogens is 330 g/mol. The smallest absolute Gasteiger partial charge is 0.387 e. The number of ether oxygens (including phenoxy) is 2. The van der Waals surface area contributed by atoms with Gasteiger partial charge < -0.3 is 14.8 Å². The van der Waals surface area contributed by atoms with Crippen LogP contribution in [0.3, 0.4) is 0 Å². The van der Waals surface area contributed by atoms with Crippen molar-refractivity contribution in [3.63, 3.8) is 0 Å². The Hall–Kier alpha value is -1.89. The Morgan fingerprint density at radius 3 is 2.48 bits per heavy atom. The second kappa shape index (κ2) is 10.2. The summed E-state index contributed by atoms with van der Waals surface area (Å²) in [5, 5.41) is 2.87. The van der Waals surface area contributed by atoms with Crippen LogP contribution in [0.25, 0.3) is 0 Å². The monoisotopic (exact) mass is 356 g/mol. The van der Waals surface area contributed by atoms with Crippen LogP contribution in [0.4, 0.5) is 8.78 Å². The van der Waals surface area contributed by atoms with Gasteiger partial charge in [-0.15, -0.1) is 0 Å². The van der Waals surface area contributed by atoms with Crippen molar-refractivity contribution in [2.75, 3.05) is 26.7 Å². The summed E-state index contributed by atoms with van der Waals surface area (Å²) in [6.45, 7) is -0.277. The fraction of sp³-hybridized carbons (Fsp3) is 0.611. The van der Waals surface area contributed by atoms with E-state index >= 15 is 0 Å². The van der Waals surface area contributed by atoms with E-state index in [2.05, 4.69) is 15.0 Å². The predicted molar refractivity (Wildman–Crippen MR) is 91.0 cm³/mol. The van der Waals surface area contributed by atoms with Crippen molar-refractivity contribution in [1.29, 1.82) is 0 Å². The predicted octanol–water partition coefficient (Wildman–Crippen LogP) is 3.18. The molecule has 0 unspecified atom stereocenters. The lowest BCUT2D eigenvalue weighted by atomic mass is 10.1. The molecule has 1 aromatic carbocycles. The van der Waals surface area contributed by atoms with E-state index in [-0.39, 0.29) is 17.4 Å². The second-order valence-corrected chi connectivity index (χ2v) is 6.18. The summed E-state index contributed by atoms with van der Waals surface area (Å²) in [7, 11) is 1.39. The van der Waals surface area contributed by atoms with E-state index < -0.39 is 6.61 Å². The highest BCUT2D eigenvalue weighted by Crippen LogP contribution is 2.29. The van der Waals surface area contributed by atoms with E-state index in [1.807, 2.05) is 0 Å². The summed E-state index contributed by atoms with van der Waals surface area (Å²) in [5.41, 5.74) is 0.763. The number of hydrogen-bond donors (Lipinski definition) is 1. The fourth-order valence-electron chi connectivity index (χ4n) is 2.95. The van der Waals surface area contributed by atoms with Gasteiger partial charge in [-0.2, -0.15) is 8.78 Å². The molecule has 140 valence electrons. The Morgan fingerprint density at radius 1 is 1.16 bits per heavy atom. The van der Waals surface area contributed by atoms with Gasteiger partial charge in [-0.25, -0.2) is 0 Å². The zero-order valence-electron chi connectivity index (χ0n) is 14.6. The Balaban J connectivity index is 1.84. The molecule has 1 N–H and O–H groups in total. The summed E-state index contributed by atoms with van der Waals surface area (Å²) in [4.78, 5) is 14.3. The number of amides is 1. The van der Waals surface area contributed by atoms with Crippen molar-refractivity contribution in [2.45, 2.75) is 45.3 Å². The van der Waals surface area contributed by atoms with Crippen molar-refractivity contribution < 1.29 is 23.0 Å². The number of halogens is 2. The molecule has 1 aliphatic rings. The summed E-state index contributed by atoms with van der Waals surface area (Å²) in [6.07, 6.45) is 6.01. The number of benzene rings is 1. The SMILES string of the molecule is COc1cc(CNC(=O)CN2CCCCCCC2)ccc1OC(F)F. The Morgan fingerprint density at radius 2 is 1.84 bits per heavy atom. The molecule has 0 radical (unpaired) electrons. The first-order valence-electron chi connectivity index (χ1n) is 8.69. The molecule has 2 rings (SSSR count). The first kappa shape index (κ1) is 19.4. The van der Waals surface area contributed by atoms with Crippen LogP contribution in [0.15, 0.2) is 18.2 Å². The normalized spacial score (nSPS) is 16.2. The van der Waals surface area contributed by atoms with Gasteiger partial charge in [0.05, 0.1) is 13.7 Å². The maximum absolute atomic E-state index is 12.3. The molecule has 0 spiro atoms. The van der Waals surface area contributed by atoms with E-state index in [4.69, 9.17) is 4.74 Å². The van der Waals surface area contributed by atoms with E-state index in [0.717, 1.165) is 31.5 Å². The molecule has 0 saturated carbocycles. The number of likely N-dealkylation sites (tertiary alicyclic amines) is 1. The Bertz CT molecular complexity index is 547. The number of nitrogens with zero attached hydrogens (tertiary/aromatic N) is 1. The van der Waals surface area contributed by atoms with Crippen LogP contribution in [-0.4, -0.2) is 44.2 Å². The van der Waals surface area contributed by atoms with E-state index in [9.17, 15) is 13.6 Å². The standard InChI is InChI=1S/C18H26F2N2O3/c1-24-16-11-14(7-8-15(16)25-18(19)20)12-21-17(23)13-22-9-5-3-2-4-6-10-22/h7-8,11,18H,2-6,9-10,12-13H2,1H3,(H,21,23). The van der Waals surface area contributed by atoms with Crippen LogP contribution >= 0.6 is 0 Å². The van der Waals surface area contributed by atoms with Gasteiger partial charge in [-0.1, -0.05) is 25.3 Å². The third-order valence-corrected chi connectivity index (χ3v) is 4.25. The number of alkyl halides is 2. The Kier molecular flexibility index (Phi) is 7.91. The van der Waals surface area contributed by atoms with Gasteiger partial charge in [-0.3, -0.25) is 9.69 Å². The van der Waals surface area contributed by atoms with Gasteiger partial charge in [-0.05, 0) is 43.6 Å². The molecule has 0 atom stereocenters. The summed E-state index contributed by atoms with van der Waals surface area (Å²) in [6, 6.07) is 4.65. The molecule has 1 aromatic rings. The lowest BCUT2D eigenvalue weighted by Crippen LogP contribution is -2.38. The van der Waals surface area contributed by atoms with Gasteiger partial charge in [0, 0.05) is 6.54 Å². The minimum atomic E-state index is -2.91. The van der Waals surface area contributed by atoms with Crippen molar-refractivity contribution in [1.82, 2.24) is 10.2 Å². The van der Waals surface area contributed by atoms with Crippen molar-refractivity contribution in [3.8, 4) is 11.5 Å². The summed E-state index contributed by atoms with van der Waals surface area (Å²) < 4.78 is 34.1. The van der Waals surface area contributed by atoms with Gasteiger partial charge in [0.1, 0.15) is 0 Å². The number of methoxy groups -OCH3 is 1. The first-order chi connectivity index (χ1) is 12.1. The quantitative estimate of drug-likeness (QED) is 0.815. The third-order valence-electron chi connectivity index (χ3n) is 4.25. The van der Waals surface area contributed by atoms with Gasteiger partial charge >= 0.3 is 6.61 Å². The third kappa shape index (κ3) is 6.86. The van der Waals surface area contributed by atoms with Crippen LogP contribution in [0.5, 0.6) is 11.5 Å². The molecule has 0 bridgehead atoms. The molecular formula is C18H26F2N2O3. The largest absolute Gasteiger partial charge is 0.493 e. The summed E-state index contributed by atoms with van der Waals surface area (Å²) >= 11 is 0. The number of carbonyl (C=O) groups is 1. The lowest BCUT2D eigenvalue weighted by molar-refractivity contribution is -0.122. The minimum Gasteiger partial charge on any atom is -0.493 e. The molecule has 0 aromatic heterocycles. The van der Waals surface area contributed by atoms with Crippen LogP contribution in [-0.2, 0) is 11.3 Å². The number of hydrogen-bond acceptors (Lipinski definition) is 4. The van der Waals surface area contributed by atoms with Crippen molar-refractivity contribution in [3.05, 3.63) is 23.8 Å². The van der Waals surface area contributed by atoms with Gasteiger partial charge in [0.25, 0.3) is 0 Å². The van der Waals surface area contributed by atoms with Gasteiger partial charge in [0.2, 0.25) is 5.91 Å². The number of rotatable bonds is 7. The molecule has 5 nitrogen and oxygen atoms in total. The van der Waals surface area contributed by atoms with Crippen LogP contribution in [0, 0.1) is 0 Å². The highest BCUT2D eigenvalue weighted by Gasteiger charge is 2.14. The molecule has 7 heteroatoms. The molecule has 25 heavy (non-hydrogen) atoms. The van der Waals surface area contributed by atoms with Crippen LogP contribution in [0.2, 0.25) is 0 Å². The molecule has 1 heterocycles. The van der Waals surface area contributed by atoms with Crippen molar-refractivity contribution in [2.24, 2.45) is 0 Å². The lowest BCUT2D eigenvalue weighted by Gasteiger charge is -2.23. The summed E-state index contributed by atoms with van der Waals surface area (Å²) in [5.74, 6) is 0.163. The number of carbonyl (C=O) groups excluding carboxylic acids is 1. The average Bonchev–Trinajstić information content (AvgIpc) is 2.55. The minimum absolute atomic E-state index is 0.0202. The maximum Gasteiger partial charge on any atom is 0.387 e. The van der Waals surface area contributed by atoms with E-state index in [1.165, 1.54) is 32.4 Å². The average molecular weight is 356 g/mol. The van der Waals surface area contributed by atoms with Crippen molar-refractivity contribution >= 4 is 5.91 Å². The number of nitrogens with one attached hydrogen (secondary N) is 1. The molecule has 1 amide bonds. The van der Waals surface area contributed by atoms with Crippen LogP contribution in [0.1, 0.15) is 37.7 Å².